The Bertz CT molecular complexity index is 745. The molecule has 0 aliphatic carbocycles. The average Bonchev–Trinajstić information content (AvgIpc) is 2.48. The van der Waals surface area contributed by atoms with Gasteiger partial charge in [0, 0.05) is 12.6 Å². The van der Waals surface area contributed by atoms with Gasteiger partial charge in [-0.05, 0) is 31.7 Å². The highest BCUT2D eigenvalue weighted by molar-refractivity contribution is 7.88. The first-order valence-electron chi connectivity index (χ1n) is 6.64. The molecule has 0 unspecified atom stereocenters. The van der Waals surface area contributed by atoms with Gasteiger partial charge >= 0.3 is 0 Å². The summed E-state index contributed by atoms with van der Waals surface area (Å²) in [7, 11) is -1.90. The van der Waals surface area contributed by atoms with Crippen molar-refractivity contribution in [3.8, 4) is 11.6 Å². The zero-order valence-electron chi connectivity index (χ0n) is 12.4. The number of nitrogens with one attached hydrogen (secondary N) is 1. The molecule has 3 N–H and O–H groups in total. The molecule has 2 rings (SSSR count). The average molecular weight is 322 g/mol. The van der Waals surface area contributed by atoms with Crippen molar-refractivity contribution in [3.63, 3.8) is 0 Å². The van der Waals surface area contributed by atoms with Crippen LogP contribution in [0.2, 0.25) is 0 Å². The molecule has 0 amide bonds. The Morgan fingerprint density at radius 1 is 1.23 bits per heavy atom. The fraction of sp³-hybridized carbons (Fsp3) is 0.286. The van der Waals surface area contributed by atoms with Crippen molar-refractivity contribution in [2.75, 3.05) is 7.05 Å². The normalized spacial score (nSPS) is 11.4. The Morgan fingerprint density at radius 3 is 2.50 bits per heavy atom. The predicted octanol–water partition coefficient (Wildman–Crippen LogP) is 1.09. The lowest BCUT2D eigenvalue weighted by atomic mass is 10.2. The molecule has 7 nitrogen and oxygen atoms in total. The first kappa shape index (κ1) is 16.3. The molecule has 0 saturated heterocycles. The van der Waals surface area contributed by atoms with E-state index in [9.17, 15) is 8.42 Å². The van der Waals surface area contributed by atoms with Gasteiger partial charge in [0.05, 0.1) is 11.4 Å². The van der Waals surface area contributed by atoms with E-state index in [1.807, 2.05) is 0 Å². The Balaban J connectivity index is 2.13. The van der Waals surface area contributed by atoms with E-state index in [1.165, 1.54) is 7.05 Å². The number of hydrogen-bond acceptors (Lipinski definition) is 6. The second kappa shape index (κ2) is 6.82. The molecule has 0 aliphatic heterocycles. The monoisotopic (exact) mass is 322 g/mol. The van der Waals surface area contributed by atoms with Gasteiger partial charge < -0.3 is 10.5 Å². The van der Waals surface area contributed by atoms with Crippen molar-refractivity contribution >= 4 is 10.0 Å². The summed E-state index contributed by atoms with van der Waals surface area (Å²) in [6.07, 6.45) is 0. The van der Waals surface area contributed by atoms with Crippen LogP contribution in [0.15, 0.2) is 30.3 Å². The summed E-state index contributed by atoms with van der Waals surface area (Å²) in [5, 5.41) is 0. The minimum absolute atomic E-state index is 0.0757. The smallest absolute Gasteiger partial charge is 0.222 e. The van der Waals surface area contributed by atoms with E-state index in [0.29, 0.717) is 35.3 Å². The second-order valence-electron chi connectivity index (χ2n) is 4.66. The minimum Gasteiger partial charge on any atom is -0.439 e. The number of nitrogens with zero attached hydrogens (tertiary/aromatic N) is 2. The molecule has 1 aromatic carbocycles. The predicted molar refractivity (Wildman–Crippen MR) is 82.9 cm³/mol. The fourth-order valence-corrected chi connectivity index (χ4v) is 2.60. The van der Waals surface area contributed by atoms with Crippen LogP contribution in [0.1, 0.15) is 17.1 Å². The van der Waals surface area contributed by atoms with E-state index >= 15 is 0 Å². The molecule has 0 atom stereocenters. The van der Waals surface area contributed by atoms with Gasteiger partial charge in [-0.3, -0.25) is 0 Å². The zero-order valence-corrected chi connectivity index (χ0v) is 13.2. The molecule has 0 bridgehead atoms. The summed E-state index contributed by atoms with van der Waals surface area (Å²) in [6.45, 7) is 2.07. The highest BCUT2D eigenvalue weighted by Crippen LogP contribution is 2.21. The molecule has 0 saturated carbocycles. The molecule has 0 radical (unpaired) electrons. The first-order chi connectivity index (χ1) is 10.4. The summed E-state index contributed by atoms with van der Waals surface area (Å²) in [4.78, 5) is 8.35. The van der Waals surface area contributed by atoms with E-state index in [4.69, 9.17) is 10.5 Å². The van der Waals surface area contributed by atoms with Crippen LogP contribution in [-0.4, -0.2) is 25.4 Å². The van der Waals surface area contributed by atoms with Crippen molar-refractivity contribution in [2.45, 2.75) is 19.2 Å². The number of aryl methyl sites for hydroxylation is 1. The first-order valence-corrected chi connectivity index (χ1v) is 8.30. The highest BCUT2D eigenvalue weighted by atomic mass is 32.2. The van der Waals surface area contributed by atoms with Crippen LogP contribution in [-0.2, 0) is 22.3 Å². The van der Waals surface area contributed by atoms with Crippen LogP contribution >= 0.6 is 0 Å². The van der Waals surface area contributed by atoms with Gasteiger partial charge in [-0.25, -0.2) is 18.1 Å². The number of rotatable bonds is 6. The quantitative estimate of drug-likeness (QED) is 0.824. The molecular weight excluding hydrogens is 304 g/mol. The van der Waals surface area contributed by atoms with E-state index in [2.05, 4.69) is 14.7 Å². The summed E-state index contributed by atoms with van der Waals surface area (Å²) < 4.78 is 30.9. The van der Waals surface area contributed by atoms with Gasteiger partial charge in [0.15, 0.2) is 0 Å². The Labute approximate surface area is 129 Å². The lowest BCUT2D eigenvalue weighted by molar-refractivity contribution is 0.458. The fourth-order valence-electron chi connectivity index (χ4n) is 1.82. The molecule has 0 fully saturated rings. The van der Waals surface area contributed by atoms with Gasteiger partial charge in [0.1, 0.15) is 11.6 Å². The Morgan fingerprint density at radius 2 is 1.91 bits per heavy atom. The molecule has 0 spiro atoms. The van der Waals surface area contributed by atoms with Crippen molar-refractivity contribution < 1.29 is 13.2 Å². The van der Waals surface area contributed by atoms with Gasteiger partial charge in [-0.2, -0.15) is 4.98 Å². The summed E-state index contributed by atoms with van der Waals surface area (Å²) in [5.74, 6) is 1.47. The van der Waals surface area contributed by atoms with Gasteiger partial charge in [0.2, 0.25) is 15.9 Å². The van der Waals surface area contributed by atoms with E-state index < -0.39 is 10.0 Å². The van der Waals surface area contributed by atoms with Crippen LogP contribution in [0.25, 0.3) is 0 Å². The molecule has 8 heteroatoms. The number of benzene rings is 1. The van der Waals surface area contributed by atoms with Crippen molar-refractivity contribution in [3.05, 3.63) is 47.4 Å². The van der Waals surface area contributed by atoms with Crippen molar-refractivity contribution in [1.82, 2.24) is 14.7 Å². The number of aromatic nitrogens is 2. The topological polar surface area (TPSA) is 107 Å². The van der Waals surface area contributed by atoms with Crippen LogP contribution < -0.4 is 15.2 Å². The maximum atomic E-state index is 11.5. The van der Waals surface area contributed by atoms with Crippen LogP contribution in [0, 0.1) is 6.92 Å². The third kappa shape index (κ3) is 4.48. The Hall–Kier alpha value is -2.03. The molecule has 118 valence electrons. The summed E-state index contributed by atoms with van der Waals surface area (Å²) >= 11 is 0. The van der Waals surface area contributed by atoms with Gasteiger partial charge in [0.25, 0.3) is 0 Å². The zero-order chi connectivity index (χ0) is 16.2. The maximum absolute atomic E-state index is 11.5. The van der Waals surface area contributed by atoms with Crippen molar-refractivity contribution in [2.24, 2.45) is 5.73 Å². The second-order valence-corrected chi connectivity index (χ2v) is 6.58. The molecule has 22 heavy (non-hydrogen) atoms. The minimum atomic E-state index is -3.28. The van der Waals surface area contributed by atoms with Crippen LogP contribution in [0.4, 0.5) is 0 Å². The molecule has 0 aliphatic rings. The molecule has 1 aromatic heterocycles. The number of ether oxygens (including phenoxy) is 1. The van der Waals surface area contributed by atoms with Crippen LogP contribution in [0.5, 0.6) is 11.6 Å². The van der Waals surface area contributed by atoms with Crippen molar-refractivity contribution in [1.29, 1.82) is 0 Å². The maximum Gasteiger partial charge on any atom is 0.222 e. The third-order valence-corrected chi connectivity index (χ3v) is 4.23. The van der Waals surface area contributed by atoms with E-state index in [0.717, 1.165) is 0 Å². The number of sulfonamides is 1. The van der Waals surface area contributed by atoms with Crippen LogP contribution in [0.3, 0.4) is 0 Å². The third-order valence-electron chi connectivity index (χ3n) is 2.89. The summed E-state index contributed by atoms with van der Waals surface area (Å²) in [5.41, 5.74) is 6.93. The van der Waals surface area contributed by atoms with E-state index in [-0.39, 0.29) is 5.75 Å². The molecular formula is C14H18N4O3S. The van der Waals surface area contributed by atoms with Gasteiger partial charge in [-0.1, -0.05) is 12.1 Å². The largest absolute Gasteiger partial charge is 0.439 e. The lowest BCUT2D eigenvalue weighted by Gasteiger charge is -2.08. The number of hydrogen-bond donors (Lipinski definition) is 2. The van der Waals surface area contributed by atoms with E-state index in [1.54, 1.807) is 37.3 Å². The summed E-state index contributed by atoms with van der Waals surface area (Å²) in [6, 6.07) is 8.46. The molecule has 1 heterocycles. The molecule has 2 aromatic rings. The van der Waals surface area contributed by atoms with Gasteiger partial charge in [-0.15, -0.1) is 0 Å². The standard InChI is InChI=1S/C14H18N4O3S/c1-10-17-12(8-15)7-14(18-10)21-13-5-3-11(4-6-13)9-22(19,20)16-2/h3-7,16H,8-9,15H2,1-2H3. The number of nitrogens with two attached hydrogens (primary N) is 1. The SMILES string of the molecule is CNS(=O)(=O)Cc1ccc(Oc2cc(CN)nc(C)n2)cc1. The lowest BCUT2D eigenvalue weighted by Crippen LogP contribution is -2.20. The Kier molecular flexibility index (Phi) is 5.07. The highest BCUT2D eigenvalue weighted by Gasteiger charge is 2.09.